The van der Waals surface area contributed by atoms with Crippen LogP contribution in [0.4, 0.5) is 0 Å². The molecule has 3 aliphatic rings. The second-order valence-corrected chi connectivity index (χ2v) is 8.60. The van der Waals surface area contributed by atoms with E-state index in [1.54, 1.807) is 11.0 Å². The molecular weight excluding hydrogens is 428 g/mol. The first-order valence-electron chi connectivity index (χ1n) is 9.68. The van der Waals surface area contributed by atoms with Crippen LogP contribution in [0.1, 0.15) is 55.1 Å². The summed E-state index contributed by atoms with van der Waals surface area (Å²) < 4.78 is 2.76. The molecule has 28 heavy (non-hydrogen) atoms. The highest BCUT2D eigenvalue weighted by atomic mass is 79.9. The van der Waals surface area contributed by atoms with Crippen LogP contribution in [0.2, 0.25) is 0 Å². The lowest BCUT2D eigenvalue weighted by Crippen LogP contribution is -2.50. The number of fused-ring (bicyclic) bond motifs is 5. The molecule has 2 fully saturated rings. The molecule has 2 aliphatic heterocycles. The van der Waals surface area contributed by atoms with E-state index in [4.69, 9.17) is 5.53 Å². The maximum Gasteiger partial charge on any atom is 0.268 e. The minimum atomic E-state index is -1.23. The second kappa shape index (κ2) is 7.42. The summed E-state index contributed by atoms with van der Waals surface area (Å²) in [7, 11) is 0. The molecule has 0 bridgehead atoms. The zero-order valence-electron chi connectivity index (χ0n) is 15.4. The van der Waals surface area contributed by atoms with Gasteiger partial charge in [0.15, 0.2) is 0 Å². The van der Waals surface area contributed by atoms with Crippen LogP contribution >= 0.6 is 15.9 Å². The molecule has 4 rings (SSSR count). The van der Waals surface area contributed by atoms with Gasteiger partial charge in [0.05, 0.1) is 16.7 Å². The maximum atomic E-state index is 12.6. The number of likely N-dealkylation sites (tertiary alicyclic amines) is 1. The van der Waals surface area contributed by atoms with Gasteiger partial charge in [0, 0.05) is 36.8 Å². The molecule has 1 saturated heterocycles. The fourth-order valence-corrected chi connectivity index (χ4v) is 5.63. The van der Waals surface area contributed by atoms with E-state index in [1.807, 2.05) is 10.6 Å². The SMILES string of the molecule is [N-]=[N+]=NCCCCCCN1C(=O)C[C@H]2[C@@H]3NC(=O)c4ccc(Br)n4[C@@H]3C[C@]21O. The first-order chi connectivity index (χ1) is 13.5. The van der Waals surface area contributed by atoms with Crippen LogP contribution in [0.25, 0.3) is 10.4 Å². The van der Waals surface area contributed by atoms with Crippen molar-refractivity contribution in [1.29, 1.82) is 0 Å². The molecule has 1 saturated carbocycles. The van der Waals surface area contributed by atoms with Crippen LogP contribution < -0.4 is 5.32 Å². The van der Waals surface area contributed by atoms with Crippen molar-refractivity contribution in [3.05, 3.63) is 32.9 Å². The van der Waals surface area contributed by atoms with Crippen LogP contribution in [0.3, 0.4) is 0 Å². The van der Waals surface area contributed by atoms with Gasteiger partial charge in [-0.15, -0.1) is 0 Å². The van der Waals surface area contributed by atoms with Gasteiger partial charge >= 0.3 is 0 Å². The van der Waals surface area contributed by atoms with Crippen molar-refractivity contribution < 1.29 is 14.7 Å². The third-order valence-electron chi connectivity index (χ3n) is 6.30. The molecule has 1 aromatic heterocycles. The van der Waals surface area contributed by atoms with Crippen molar-refractivity contribution in [3.63, 3.8) is 0 Å². The Morgan fingerprint density at radius 3 is 2.89 bits per heavy atom. The third-order valence-corrected chi connectivity index (χ3v) is 6.94. The number of carbonyl (C=O) groups is 2. The van der Waals surface area contributed by atoms with Gasteiger partial charge in [0.2, 0.25) is 5.91 Å². The van der Waals surface area contributed by atoms with E-state index >= 15 is 0 Å². The molecule has 0 spiro atoms. The van der Waals surface area contributed by atoms with E-state index in [-0.39, 0.29) is 36.2 Å². The predicted molar refractivity (Wildman–Crippen MR) is 104 cm³/mol. The topological polar surface area (TPSA) is 123 Å². The first kappa shape index (κ1) is 19.3. The Morgan fingerprint density at radius 1 is 1.32 bits per heavy atom. The number of halogens is 1. The van der Waals surface area contributed by atoms with Crippen LogP contribution in [-0.4, -0.2) is 51.2 Å². The number of rotatable bonds is 7. The number of hydrogen-bond acceptors (Lipinski definition) is 4. The van der Waals surface area contributed by atoms with Crippen molar-refractivity contribution >= 4 is 27.7 Å². The Labute approximate surface area is 170 Å². The summed E-state index contributed by atoms with van der Waals surface area (Å²) in [6.07, 6.45) is 4.10. The smallest absolute Gasteiger partial charge is 0.268 e. The first-order valence-corrected chi connectivity index (χ1v) is 10.5. The van der Waals surface area contributed by atoms with Gasteiger partial charge in [-0.2, -0.15) is 0 Å². The minimum absolute atomic E-state index is 0.0494. The maximum absolute atomic E-state index is 12.6. The highest BCUT2D eigenvalue weighted by Gasteiger charge is 2.63. The summed E-state index contributed by atoms with van der Waals surface area (Å²) >= 11 is 3.51. The van der Waals surface area contributed by atoms with Gasteiger partial charge in [0.1, 0.15) is 11.4 Å². The number of nitrogens with one attached hydrogen (secondary N) is 1. The van der Waals surface area contributed by atoms with Crippen LogP contribution in [-0.2, 0) is 4.79 Å². The van der Waals surface area contributed by atoms with Crippen LogP contribution in [0.5, 0.6) is 0 Å². The van der Waals surface area contributed by atoms with E-state index in [2.05, 4.69) is 31.3 Å². The fourth-order valence-electron chi connectivity index (χ4n) is 5.05. The number of hydrogen-bond donors (Lipinski definition) is 2. The average Bonchev–Trinajstić information content (AvgIpc) is 3.25. The number of unbranched alkanes of at least 4 members (excludes halogenated alkanes) is 3. The molecule has 2 N–H and O–H groups in total. The minimum Gasteiger partial charge on any atom is -0.370 e. The number of aliphatic hydroxyl groups is 1. The van der Waals surface area contributed by atoms with Gasteiger partial charge in [-0.25, -0.2) is 0 Å². The Kier molecular flexibility index (Phi) is 5.11. The lowest BCUT2D eigenvalue weighted by Gasteiger charge is -2.34. The number of azide groups is 1. The van der Waals surface area contributed by atoms with Gasteiger partial charge in [-0.3, -0.25) is 9.59 Å². The molecule has 0 unspecified atom stereocenters. The highest BCUT2D eigenvalue weighted by Crippen LogP contribution is 2.52. The quantitative estimate of drug-likeness (QED) is 0.287. The number of carbonyl (C=O) groups excluding carboxylic acids is 2. The number of amides is 2. The van der Waals surface area contributed by atoms with E-state index in [0.717, 1.165) is 30.3 Å². The standard InChI is InChI=1S/C18H23BrN6O3/c19-14-6-5-12-17(27)22-16-11-9-15(26)24(8-4-2-1-3-7-21-23-20)18(11,28)10-13(16)25(12)14/h5-6,11,13,16,28H,1-4,7-10H2,(H,22,27)/t11-,13+,16-,18-/m0/s1. The molecular formula is C18H23BrN6O3. The van der Waals surface area contributed by atoms with Crippen LogP contribution in [0, 0.1) is 5.92 Å². The Balaban J connectivity index is 1.45. The van der Waals surface area contributed by atoms with Gasteiger partial charge in [-0.05, 0) is 46.4 Å². The van der Waals surface area contributed by atoms with E-state index in [9.17, 15) is 14.7 Å². The predicted octanol–water partition coefficient (Wildman–Crippen LogP) is 2.72. The molecule has 1 aliphatic carbocycles. The molecule has 3 heterocycles. The molecule has 0 radical (unpaired) electrons. The number of aromatic nitrogens is 1. The van der Waals surface area contributed by atoms with E-state index in [0.29, 0.717) is 25.2 Å². The third kappa shape index (κ3) is 3.00. The summed E-state index contributed by atoms with van der Waals surface area (Å²) in [5, 5.41) is 18.0. The molecule has 2 amide bonds. The molecule has 10 heteroatoms. The Hall–Kier alpha value is -2.03. The molecule has 0 aromatic carbocycles. The summed E-state index contributed by atoms with van der Waals surface area (Å²) in [6, 6.07) is 3.28. The molecule has 150 valence electrons. The highest BCUT2D eigenvalue weighted by molar-refractivity contribution is 9.10. The van der Waals surface area contributed by atoms with Crippen molar-refractivity contribution in [2.45, 2.75) is 56.3 Å². The zero-order valence-corrected chi connectivity index (χ0v) is 17.0. The van der Waals surface area contributed by atoms with Crippen LogP contribution in [0.15, 0.2) is 21.9 Å². The van der Waals surface area contributed by atoms with Gasteiger partial charge in [0.25, 0.3) is 5.91 Å². The monoisotopic (exact) mass is 450 g/mol. The number of nitrogens with zero attached hydrogens (tertiary/aromatic N) is 5. The lowest BCUT2D eigenvalue weighted by atomic mass is 9.95. The average molecular weight is 451 g/mol. The fraction of sp³-hybridized carbons (Fsp3) is 0.667. The van der Waals surface area contributed by atoms with Crippen molar-refractivity contribution in [2.24, 2.45) is 11.0 Å². The summed E-state index contributed by atoms with van der Waals surface area (Å²) in [4.78, 5) is 29.4. The lowest BCUT2D eigenvalue weighted by molar-refractivity contribution is -0.148. The summed E-state index contributed by atoms with van der Waals surface area (Å²) in [5.74, 6) is -0.518. The van der Waals surface area contributed by atoms with Crippen molar-refractivity contribution in [3.8, 4) is 0 Å². The summed E-state index contributed by atoms with van der Waals surface area (Å²) in [5.41, 5.74) is 7.63. The zero-order chi connectivity index (χ0) is 19.9. The summed E-state index contributed by atoms with van der Waals surface area (Å²) in [6.45, 7) is 0.989. The van der Waals surface area contributed by atoms with Crippen molar-refractivity contribution in [1.82, 2.24) is 14.8 Å². The largest absolute Gasteiger partial charge is 0.370 e. The molecule has 4 atom stereocenters. The van der Waals surface area contributed by atoms with Crippen molar-refractivity contribution in [2.75, 3.05) is 13.1 Å². The molecule has 9 nitrogen and oxygen atoms in total. The van der Waals surface area contributed by atoms with E-state index in [1.165, 1.54) is 0 Å². The second-order valence-electron chi connectivity index (χ2n) is 7.79. The normalized spacial score (nSPS) is 30.5. The van der Waals surface area contributed by atoms with E-state index < -0.39 is 5.72 Å². The van der Waals surface area contributed by atoms with Gasteiger partial charge < -0.3 is 19.9 Å². The Morgan fingerprint density at radius 2 is 2.11 bits per heavy atom. The van der Waals surface area contributed by atoms with Gasteiger partial charge in [-0.1, -0.05) is 18.0 Å². The molecule has 1 aromatic rings. The Bertz CT molecular complexity index is 850.